The van der Waals surface area contributed by atoms with Crippen LogP contribution in [-0.2, 0) is 14.2 Å². The zero-order valence-electron chi connectivity index (χ0n) is 24.1. The first kappa shape index (κ1) is 28.8. The summed E-state index contributed by atoms with van der Waals surface area (Å²) in [6, 6.07) is 11.1. The molecule has 3 fully saturated rings. The fourth-order valence-corrected chi connectivity index (χ4v) is 6.08. The predicted octanol–water partition coefficient (Wildman–Crippen LogP) is 4.12. The van der Waals surface area contributed by atoms with Gasteiger partial charge in [0.05, 0.1) is 37.7 Å². The van der Waals surface area contributed by atoms with Crippen molar-refractivity contribution in [2.45, 2.75) is 75.8 Å². The Morgan fingerprint density at radius 2 is 1.88 bits per heavy atom. The van der Waals surface area contributed by atoms with Crippen molar-refractivity contribution in [1.82, 2.24) is 15.2 Å². The van der Waals surface area contributed by atoms with E-state index in [9.17, 15) is 4.79 Å². The smallest absolute Gasteiger partial charge is 0.276 e. The quantitative estimate of drug-likeness (QED) is 0.480. The van der Waals surface area contributed by atoms with E-state index in [1.807, 2.05) is 11.0 Å². The van der Waals surface area contributed by atoms with Crippen LogP contribution in [0.2, 0.25) is 0 Å². The molecular formula is C31H44N4O5. The van der Waals surface area contributed by atoms with E-state index in [4.69, 9.17) is 18.9 Å². The molecule has 0 spiro atoms. The Hall–Kier alpha value is -2.72. The largest absolute Gasteiger partial charge is 0.492 e. The molecule has 4 heterocycles. The van der Waals surface area contributed by atoms with Gasteiger partial charge in [0.1, 0.15) is 0 Å². The number of ether oxygens (including phenoxy) is 4. The molecule has 1 amide bonds. The first-order chi connectivity index (χ1) is 19.6. The number of likely N-dealkylation sites (tertiary alicyclic amines) is 1. The van der Waals surface area contributed by atoms with Crippen LogP contribution < -0.4 is 15.4 Å². The van der Waals surface area contributed by atoms with Gasteiger partial charge in [-0.05, 0) is 57.1 Å². The van der Waals surface area contributed by atoms with Crippen molar-refractivity contribution in [2.24, 2.45) is 0 Å². The van der Waals surface area contributed by atoms with Gasteiger partial charge in [0.15, 0.2) is 11.4 Å². The molecule has 0 radical (unpaired) electrons. The minimum atomic E-state index is -0.0897. The highest BCUT2D eigenvalue weighted by atomic mass is 16.5. The summed E-state index contributed by atoms with van der Waals surface area (Å²) < 4.78 is 23.3. The van der Waals surface area contributed by atoms with Gasteiger partial charge in [0, 0.05) is 51.6 Å². The van der Waals surface area contributed by atoms with E-state index in [-0.39, 0.29) is 30.3 Å². The number of amides is 1. The van der Waals surface area contributed by atoms with Gasteiger partial charge in [-0.1, -0.05) is 29.8 Å². The molecule has 2 N–H and O–H groups in total. The molecule has 2 aromatic rings. The lowest BCUT2D eigenvalue weighted by molar-refractivity contribution is -0.0533. The predicted molar refractivity (Wildman–Crippen MR) is 154 cm³/mol. The average molecular weight is 553 g/mol. The van der Waals surface area contributed by atoms with Crippen LogP contribution in [0, 0.1) is 6.92 Å². The van der Waals surface area contributed by atoms with Crippen LogP contribution in [0.5, 0.6) is 5.75 Å². The van der Waals surface area contributed by atoms with Crippen molar-refractivity contribution in [2.75, 3.05) is 52.4 Å². The second kappa shape index (κ2) is 13.8. The summed E-state index contributed by atoms with van der Waals surface area (Å²) in [5.41, 5.74) is 3.60. The summed E-state index contributed by atoms with van der Waals surface area (Å²) in [5, 5.41) is 7.23. The van der Waals surface area contributed by atoms with Gasteiger partial charge in [-0.15, -0.1) is 0 Å². The molecule has 0 unspecified atom stereocenters. The molecule has 9 nitrogen and oxygen atoms in total. The number of hydrogen-bond acceptors (Lipinski definition) is 8. The number of rotatable bonds is 9. The first-order valence-electron chi connectivity index (χ1n) is 14.7. The summed E-state index contributed by atoms with van der Waals surface area (Å²) in [6.45, 7) is 5.48. The highest BCUT2D eigenvalue weighted by Gasteiger charge is 2.32. The number of nitrogens with zero attached hydrogens (tertiary/aromatic N) is 2. The topological polar surface area (TPSA) is 94.2 Å². The van der Waals surface area contributed by atoms with E-state index < -0.39 is 0 Å². The lowest BCUT2D eigenvalue weighted by Gasteiger charge is -2.38. The Morgan fingerprint density at radius 1 is 1.07 bits per heavy atom. The Kier molecular flexibility index (Phi) is 9.91. The number of anilines is 1. The summed E-state index contributed by atoms with van der Waals surface area (Å²) in [4.78, 5) is 19.9. The lowest BCUT2D eigenvalue weighted by atomic mass is 9.97. The maximum absolute atomic E-state index is 13.5. The number of methoxy groups -OCH3 is 2. The Labute approximate surface area is 237 Å². The molecule has 5 rings (SSSR count). The van der Waals surface area contributed by atoms with E-state index in [2.05, 4.69) is 46.8 Å². The fraction of sp³-hybridized carbons (Fsp3) is 0.613. The van der Waals surface area contributed by atoms with Crippen molar-refractivity contribution in [3.8, 4) is 5.75 Å². The van der Waals surface area contributed by atoms with Crippen molar-refractivity contribution in [3.05, 3.63) is 53.3 Å². The third-order valence-electron chi connectivity index (χ3n) is 8.47. The highest BCUT2D eigenvalue weighted by molar-refractivity contribution is 5.96. The van der Waals surface area contributed by atoms with Crippen LogP contribution in [0.4, 0.5) is 5.69 Å². The van der Waals surface area contributed by atoms with Crippen LogP contribution in [-0.4, -0.2) is 87.2 Å². The van der Waals surface area contributed by atoms with Gasteiger partial charge in [-0.25, -0.2) is 4.98 Å². The van der Waals surface area contributed by atoms with Crippen LogP contribution in [0.15, 0.2) is 36.5 Å². The standard InChI is InChI=1S/C31H44N4O5/c1-21-7-9-22(10-8-21)27-6-4-5-24(40-27)19-33-26-11-15-32-29(30(26)38-3)31(36)35-16-12-23(13-17-35)34-25-14-18-39-20-28(25)37-2/h7-11,15,23-25,27-28,34H,4-6,12-14,16-20H2,1-3H3,(H,32,33)/t24-,25-,27+,28+/m1/s1. The molecular weight excluding hydrogens is 508 g/mol. The summed E-state index contributed by atoms with van der Waals surface area (Å²) in [7, 11) is 3.34. The molecule has 0 aliphatic carbocycles. The number of aromatic nitrogens is 1. The van der Waals surface area contributed by atoms with Gasteiger partial charge in [-0.3, -0.25) is 4.79 Å². The summed E-state index contributed by atoms with van der Waals surface area (Å²) >= 11 is 0. The number of benzene rings is 1. The molecule has 218 valence electrons. The van der Waals surface area contributed by atoms with Gasteiger partial charge in [-0.2, -0.15) is 0 Å². The van der Waals surface area contributed by atoms with Gasteiger partial charge >= 0.3 is 0 Å². The third-order valence-corrected chi connectivity index (χ3v) is 8.47. The zero-order valence-corrected chi connectivity index (χ0v) is 24.1. The number of piperidine rings is 1. The first-order valence-corrected chi connectivity index (χ1v) is 14.7. The van der Waals surface area contributed by atoms with Crippen LogP contribution in [0.3, 0.4) is 0 Å². The van der Waals surface area contributed by atoms with Crippen molar-refractivity contribution in [1.29, 1.82) is 0 Å². The lowest BCUT2D eigenvalue weighted by Crippen LogP contribution is -2.54. The number of carbonyl (C=O) groups excluding carboxylic acids is 1. The Morgan fingerprint density at radius 3 is 2.62 bits per heavy atom. The van der Waals surface area contributed by atoms with E-state index in [0.29, 0.717) is 43.7 Å². The molecule has 4 atom stereocenters. The molecule has 1 aromatic carbocycles. The monoisotopic (exact) mass is 552 g/mol. The second-order valence-corrected chi connectivity index (χ2v) is 11.2. The van der Waals surface area contributed by atoms with Crippen molar-refractivity contribution < 1.29 is 23.7 Å². The Bertz CT molecular complexity index is 1110. The molecule has 3 aliphatic rings. The van der Waals surface area contributed by atoms with Gasteiger partial charge in [0.25, 0.3) is 5.91 Å². The maximum atomic E-state index is 13.5. The minimum absolute atomic E-state index is 0.0737. The van der Waals surface area contributed by atoms with Crippen molar-refractivity contribution in [3.63, 3.8) is 0 Å². The number of nitrogens with one attached hydrogen (secondary N) is 2. The molecule has 9 heteroatoms. The number of carbonyl (C=O) groups is 1. The molecule has 3 aliphatic heterocycles. The summed E-state index contributed by atoms with van der Waals surface area (Å²) in [6.07, 6.45) is 7.82. The number of hydrogen-bond donors (Lipinski definition) is 2. The SMILES string of the molecule is COc1c(NC[C@H]2CCC[C@@H](c3ccc(C)cc3)O2)ccnc1C(=O)N1CCC(N[C@@H]2CCOC[C@@H]2OC)CC1. The highest BCUT2D eigenvalue weighted by Crippen LogP contribution is 2.33. The van der Waals surface area contributed by atoms with Gasteiger partial charge in [0.2, 0.25) is 0 Å². The molecule has 0 bridgehead atoms. The number of pyridine rings is 1. The molecule has 3 saturated heterocycles. The van der Waals surface area contributed by atoms with E-state index in [1.54, 1.807) is 20.4 Å². The normalized spacial score (nSPS) is 25.9. The fourth-order valence-electron chi connectivity index (χ4n) is 6.08. The average Bonchev–Trinajstić information content (AvgIpc) is 3.00. The van der Waals surface area contributed by atoms with Crippen molar-refractivity contribution >= 4 is 11.6 Å². The molecule has 1 aromatic heterocycles. The zero-order chi connectivity index (χ0) is 27.9. The Balaban J connectivity index is 1.16. The third kappa shape index (κ3) is 6.94. The second-order valence-electron chi connectivity index (χ2n) is 11.2. The van der Waals surface area contributed by atoms with E-state index in [1.165, 1.54) is 11.1 Å². The van der Waals surface area contributed by atoms with Crippen LogP contribution in [0.1, 0.15) is 66.2 Å². The van der Waals surface area contributed by atoms with E-state index in [0.717, 1.165) is 50.8 Å². The minimum Gasteiger partial charge on any atom is -0.492 e. The summed E-state index contributed by atoms with van der Waals surface area (Å²) in [5.74, 6) is 0.400. The molecule has 40 heavy (non-hydrogen) atoms. The van der Waals surface area contributed by atoms with E-state index >= 15 is 0 Å². The van der Waals surface area contributed by atoms with Crippen LogP contribution in [0.25, 0.3) is 0 Å². The number of aryl methyl sites for hydroxylation is 1. The molecule has 0 saturated carbocycles. The maximum Gasteiger partial charge on any atom is 0.276 e. The van der Waals surface area contributed by atoms with Crippen LogP contribution >= 0.6 is 0 Å². The van der Waals surface area contributed by atoms with Gasteiger partial charge < -0.3 is 34.5 Å².